The van der Waals surface area contributed by atoms with Crippen LogP contribution >= 0.6 is 0 Å². The lowest BCUT2D eigenvalue weighted by atomic mass is 10.1. The van der Waals surface area contributed by atoms with Crippen LogP contribution in [0.15, 0.2) is 18.2 Å². The Hall–Kier alpha value is -1.65. The van der Waals surface area contributed by atoms with Crippen molar-refractivity contribution in [3.8, 4) is 0 Å². The highest BCUT2D eigenvalue weighted by Crippen LogP contribution is 2.57. The smallest absolute Gasteiger partial charge is 0.223 e. The molecular formula is C17H20F2N2O. The summed E-state index contributed by atoms with van der Waals surface area (Å²) in [7, 11) is 0. The molecular weight excluding hydrogens is 286 g/mol. The molecule has 118 valence electrons. The summed E-state index contributed by atoms with van der Waals surface area (Å²) in [5, 5.41) is 3.08. The molecule has 1 aromatic carbocycles. The van der Waals surface area contributed by atoms with Crippen LogP contribution in [-0.4, -0.2) is 25.0 Å². The Morgan fingerprint density at radius 2 is 1.82 bits per heavy atom. The third-order valence-corrected chi connectivity index (χ3v) is 5.50. The summed E-state index contributed by atoms with van der Waals surface area (Å²) < 4.78 is 27.6. The average Bonchev–Trinajstić information content (AvgIpc) is 2.85. The Bertz CT molecular complexity index is 576. The standard InChI is InChI=1S/C17H20F2N2O/c18-13-5-2-6-14(19)16(13)21-8-7-10(9-21)20-17(22)15-11-3-1-4-12(11)15/h2,5-6,10-12,15H,1,3-4,7-9H2,(H,20,22)/t10-,11-,12+,15?/m1/s1. The summed E-state index contributed by atoms with van der Waals surface area (Å²) in [6.07, 6.45) is 4.35. The minimum absolute atomic E-state index is 0.00664. The van der Waals surface area contributed by atoms with E-state index in [9.17, 15) is 13.6 Å². The van der Waals surface area contributed by atoms with Gasteiger partial charge in [-0.2, -0.15) is 0 Å². The van der Waals surface area contributed by atoms with Crippen LogP contribution in [0.4, 0.5) is 14.5 Å². The number of nitrogens with one attached hydrogen (secondary N) is 1. The molecule has 1 N–H and O–H groups in total. The molecule has 5 heteroatoms. The molecule has 4 atom stereocenters. The van der Waals surface area contributed by atoms with Gasteiger partial charge in [0.2, 0.25) is 5.91 Å². The Kier molecular flexibility index (Phi) is 3.31. The van der Waals surface area contributed by atoms with Crippen LogP contribution in [0.5, 0.6) is 0 Å². The Balaban J connectivity index is 1.37. The van der Waals surface area contributed by atoms with E-state index in [-0.39, 0.29) is 23.6 Å². The predicted octanol–water partition coefficient (Wildman–Crippen LogP) is 2.71. The molecule has 0 bridgehead atoms. The largest absolute Gasteiger partial charge is 0.365 e. The fourth-order valence-electron chi connectivity index (χ4n) is 4.38. The maximum absolute atomic E-state index is 13.8. The fraction of sp³-hybridized carbons (Fsp3) is 0.588. The number of hydrogen-bond donors (Lipinski definition) is 1. The number of rotatable bonds is 3. The van der Waals surface area contributed by atoms with Crippen molar-refractivity contribution >= 4 is 11.6 Å². The molecule has 2 aliphatic carbocycles. The van der Waals surface area contributed by atoms with E-state index in [1.54, 1.807) is 4.90 Å². The van der Waals surface area contributed by atoms with Gasteiger partial charge in [-0.3, -0.25) is 4.79 Å². The SMILES string of the molecule is O=C(N[C@@H]1CCN(c2c(F)cccc2F)C1)C1[C@H]2CCC[C@@H]12. The highest BCUT2D eigenvalue weighted by molar-refractivity contribution is 5.82. The topological polar surface area (TPSA) is 32.3 Å². The number of para-hydroxylation sites is 1. The van der Waals surface area contributed by atoms with Crippen molar-refractivity contribution < 1.29 is 13.6 Å². The van der Waals surface area contributed by atoms with E-state index < -0.39 is 11.6 Å². The molecule has 0 radical (unpaired) electrons. The van der Waals surface area contributed by atoms with Gasteiger partial charge in [0.25, 0.3) is 0 Å². The van der Waals surface area contributed by atoms with Crippen molar-refractivity contribution in [1.29, 1.82) is 0 Å². The number of nitrogens with zero attached hydrogens (tertiary/aromatic N) is 1. The third kappa shape index (κ3) is 2.27. The van der Waals surface area contributed by atoms with Gasteiger partial charge >= 0.3 is 0 Å². The maximum atomic E-state index is 13.8. The van der Waals surface area contributed by atoms with Crippen LogP contribution in [0.1, 0.15) is 25.7 Å². The summed E-state index contributed by atoms with van der Waals surface area (Å²) >= 11 is 0. The molecule has 1 amide bonds. The molecule has 1 aliphatic heterocycles. The summed E-state index contributed by atoms with van der Waals surface area (Å²) in [6, 6.07) is 3.91. The number of fused-ring (bicyclic) bond motifs is 1. The lowest BCUT2D eigenvalue weighted by molar-refractivity contribution is -0.123. The molecule has 2 saturated carbocycles. The van der Waals surface area contributed by atoms with Crippen molar-refractivity contribution in [1.82, 2.24) is 5.32 Å². The van der Waals surface area contributed by atoms with Gasteiger partial charge in [-0.1, -0.05) is 12.5 Å². The van der Waals surface area contributed by atoms with Crippen molar-refractivity contribution in [2.75, 3.05) is 18.0 Å². The normalized spacial score (nSPS) is 32.9. The van der Waals surface area contributed by atoms with Gasteiger partial charge in [0.15, 0.2) is 0 Å². The Morgan fingerprint density at radius 3 is 2.50 bits per heavy atom. The van der Waals surface area contributed by atoms with E-state index >= 15 is 0 Å². The van der Waals surface area contributed by atoms with Crippen LogP contribution in [0.3, 0.4) is 0 Å². The number of benzene rings is 1. The lowest BCUT2D eigenvalue weighted by Crippen LogP contribution is -2.38. The molecule has 4 rings (SSSR count). The lowest BCUT2D eigenvalue weighted by Gasteiger charge is -2.20. The molecule has 0 spiro atoms. The van der Waals surface area contributed by atoms with Crippen molar-refractivity contribution in [3.05, 3.63) is 29.8 Å². The third-order valence-electron chi connectivity index (χ3n) is 5.50. The van der Waals surface area contributed by atoms with E-state index in [1.165, 1.54) is 37.5 Å². The zero-order valence-electron chi connectivity index (χ0n) is 12.4. The zero-order chi connectivity index (χ0) is 15.3. The molecule has 1 aromatic rings. The molecule has 3 nitrogen and oxygen atoms in total. The molecule has 3 fully saturated rings. The van der Waals surface area contributed by atoms with Gasteiger partial charge in [0.1, 0.15) is 17.3 Å². The Labute approximate surface area is 128 Å². The number of carbonyl (C=O) groups is 1. The minimum Gasteiger partial charge on any atom is -0.365 e. The number of hydrogen-bond acceptors (Lipinski definition) is 2. The number of carbonyl (C=O) groups excluding carboxylic acids is 1. The van der Waals surface area contributed by atoms with E-state index in [0.29, 0.717) is 24.9 Å². The number of halogens is 2. The average molecular weight is 306 g/mol. The van der Waals surface area contributed by atoms with Gasteiger partial charge in [-0.25, -0.2) is 8.78 Å². The van der Waals surface area contributed by atoms with E-state index in [4.69, 9.17) is 0 Å². The van der Waals surface area contributed by atoms with E-state index in [1.807, 2.05) is 0 Å². The van der Waals surface area contributed by atoms with Crippen molar-refractivity contribution in [2.45, 2.75) is 31.7 Å². The second kappa shape index (κ2) is 5.21. The van der Waals surface area contributed by atoms with E-state index in [0.717, 1.165) is 6.42 Å². The van der Waals surface area contributed by atoms with Gasteiger partial charge < -0.3 is 10.2 Å². The summed E-state index contributed by atoms with van der Waals surface area (Å²) in [5.41, 5.74) is 0.0301. The molecule has 1 saturated heterocycles. The number of amides is 1. The van der Waals surface area contributed by atoms with Gasteiger partial charge in [-0.05, 0) is 43.2 Å². The second-order valence-corrected chi connectivity index (χ2v) is 6.79. The quantitative estimate of drug-likeness (QED) is 0.931. The summed E-state index contributed by atoms with van der Waals surface area (Å²) in [6.45, 7) is 1.05. The minimum atomic E-state index is -0.538. The predicted molar refractivity (Wildman–Crippen MR) is 79.4 cm³/mol. The van der Waals surface area contributed by atoms with Gasteiger partial charge in [0.05, 0.1) is 0 Å². The van der Waals surface area contributed by atoms with Crippen LogP contribution < -0.4 is 10.2 Å². The van der Waals surface area contributed by atoms with Gasteiger partial charge in [-0.15, -0.1) is 0 Å². The first-order valence-electron chi connectivity index (χ1n) is 8.14. The van der Waals surface area contributed by atoms with Crippen LogP contribution in [-0.2, 0) is 4.79 Å². The molecule has 3 aliphatic rings. The first-order valence-corrected chi connectivity index (χ1v) is 8.14. The molecule has 0 aromatic heterocycles. The maximum Gasteiger partial charge on any atom is 0.223 e. The number of anilines is 1. The second-order valence-electron chi connectivity index (χ2n) is 6.79. The highest BCUT2D eigenvalue weighted by atomic mass is 19.1. The van der Waals surface area contributed by atoms with Crippen LogP contribution in [0, 0.1) is 29.4 Å². The first-order chi connectivity index (χ1) is 10.6. The van der Waals surface area contributed by atoms with E-state index in [2.05, 4.69) is 5.32 Å². The monoisotopic (exact) mass is 306 g/mol. The van der Waals surface area contributed by atoms with Crippen LogP contribution in [0.2, 0.25) is 0 Å². The summed E-state index contributed by atoms with van der Waals surface area (Å²) in [4.78, 5) is 14.0. The van der Waals surface area contributed by atoms with Gasteiger partial charge in [0, 0.05) is 25.0 Å². The van der Waals surface area contributed by atoms with Crippen molar-refractivity contribution in [2.24, 2.45) is 17.8 Å². The fourth-order valence-corrected chi connectivity index (χ4v) is 4.38. The summed E-state index contributed by atoms with van der Waals surface area (Å²) in [5.74, 6) is 0.471. The molecule has 1 unspecified atom stereocenters. The molecule has 22 heavy (non-hydrogen) atoms. The first kappa shape index (κ1) is 14.0. The highest BCUT2D eigenvalue weighted by Gasteiger charge is 2.56. The molecule has 1 heterocycles. The van der Waals surface area contributed by atoms with Crippen LogP contribution in [0.25, 0.3) is 0 Å². The van der Waals surface area contributed by atoms with Crippen molar-refractivity contribution in [3.63, 3.8) is 0 Å². The Morgan fingerprint density at radius 1 is 1.14 bits per heavy atom. The zero-order valence-corrected chi connectivity index (χ0v) is 12.4.